The topological polar surface area (TPSA) is 72.5 Å². The quantitative estimate of drug-likeness (QED) is 0.536. The lowest BCUT2D eigenvalue weighted by Crippen LogP contribution is -2.40. The van der Waals surface area contributed by atoms with Gasteiger partial charge >= 0.3 is 5.97 Å². The van der Waals surface area contributed by atoms with Gasteiger partial charge in [-0.2, -0.15) is 0 Å². The highest BCUT2D eigenvalue weighted by Crippen LogP contribution is 1.89. The second-order valence-corrected chi connectivity index (χ2v) is 1.79. The fourth-order valence-electron chi connectivity index (χ4n) is 0.333. The van der Waals surface area contributed by atoms with Gasteiger partial charge in [0.2, 0.25) is 0 Å². The molecular weight excluding hydrogens is 158 g/mol. The molecule has 1 unspecified atom stereocenters. The molecular formula is C5H12ClNO3. The highest BCUT2D eigenvalue weighted by atomic mass is 35.5. The zero-order valence-corrected chi connectivity index (χ0v) is 6.72. The van der Waals surface area contributed by atoms with Crippen molar-refractivity contribution >= 4 is 18.4 Å². The summed E-state index contributed by atoms with van der Waals surface area (Å²) < 4.78 is 4.25. The van der Waals surface area contributed by atoms with E-state index in [2.05, 4.69) is 4.74 Å². The summed E-state index contributed by atoms with van der Waals surface area (Å²) in [7, 11) is 1.23. The van der Waals surface area contributed by atoms with Crippen molar-refractivity contribution in [3.8, 4) is 0 Å². The standard InChI is InChI=1S/C5H11NO3.ClH/c1-3(7)4(6)5(8)9-2;/h3-4,7H,6H2,1-2H3;1H/t3?,4-;/m1./s1. The van der Waals surface area contributed by atoms with E-state index in [0.717, 1.165) is 0 Å². The van der Waals surface area contributed by atoms with Crippen LogP contribution in [0.25, 0.3) is 0 Å². The largest absolute Gasteiger partial charge is 0.468 e. The van der Waals surface area contributed by atoms with E-state index in [-0.39, 0.29) is 12.4 Å². The van der Waals surface area contributed by atoms with Crippen LogP contribution in [0.4, 0.5) is 0 Å². The minimum atomic E-state index is -0.921. The van der Waals surface area contributed by atoms with E-state index in [4.69, 9.17) is 10.8 Å². The summed E-state index contributed by atoms with van der Waals surface area (Å²) in [6.45, 7) is 1.43. The molecule has 0 saturated heterocycles. The Morgan fingerprint density at radius 1 is 1.70 bits per heavy atom. The smallest absolute Gasteiger partial charge is 0.325 e. The zero-order chi connectivity index (χ0) is 7.44. The van der Waals surface area contributed by atoms with Gasteiger partial charge in [-0.25, -0.2) is 0 Å². The van der Waals surface area contributed by atoms with Crippen LogP contribution in [-0.2, 0) is 9.53 Å². The first-order chi connectivity index (χ1) is 4.09. The number of halogens is 1. The van der Waals surface area contributed by atoms with Crippen LogP contribution in [0.5, 0.6) is 0 Å². The van der Waals surface area contributed by atoms with E-state index in [0.29, 0.717) is 0 Å². The Morgan fingerprint density at radius 2 is 2.10 bits per heavy atom. The van der Waals surface area contributed by atoms with Crippen LogP contribution in [0.3, 0.4) is 0 Å². The molecule has 3 N–H and O–H groups in total. The fourth-order valence-corrected chi connectivity index (χ4v) is 0.333. The van der Waals surface area contributed by atoms with Crippen molar-refractivity contribution in [3.05, 3.63) is 0 Å². The maximum absolute atomic E-state index is 10.4. The van der Waals surface area contributed by atoms with Crippen LogP contribution in [0.15, 0.2) is 0 Å². The molecule has 4 nitrogen and oxygen atoms in total. The van der Waals surface area contributed by atoms with Crippen LogP contribution in [0, 0.1) is 0 Å². The number of esters is 1. The molecule has 0 aliphatic carbocycles. The van der Waals surface area contributed by atoms with Gasteiger partial charge in [-0.15, -0.1) is 12.4 Å². The summed E-state index contributed by atoms with van der Waals surface area (Å²) in [6, 6.07) is -0.921. The summed E-state index contributed by atoms with van der Waals surface area (Å²) in [6.07, 6.45) is -0.850. The van der Waals surface area contributed by atoms with Crippen molar-refractivity contribution in [3.63, 3.8) is 0 Å². The Bertz CT molecular complexity index is 107. The van der Waals surface area contributed by atoms with Crippen LogP contribution in [0.1, 0.15) is 6.92 Å². The number of hydrogen-bond donors (Lipinski definition) is 2. The van der Waals surface area contributed by atoms with Crippen molar-refractivity contribution in [1.82, 2.24) is 0 Å². The van der Waals surface area contributed by atoms with E-state index in [1.54, 1.807) is 0 Å². The molecule has 0 aromatic heterocycles. The van der Waals surface area contributed by atoms with Crippen molar-refractivity contribution in [1.29, 1.82) is 0 Å². The molecule has 0 aliphatic heterocycles. The molecule has 62 valence electrons. The van der Waals surface area contributed by atoms with Gasteiger partial charge < -0.3 is 15.6 Å². The lowest BCUT2D eigenvalue weighted by Gasteiger charge is -2.10. The number of methoxy groups -OCH3 is 1. The van der Waals surface area contributed by atoms with Gasteiger partial charge in [0.1, 0.15) is 6.04 Å². The molecule has 0 spiro atoms. The monoisotopic (exact) mass is 169 g/mol. The number of aliphatic hydroxyl groups is 1. The maximum Gasteiger partial charge on any atom is 0.325 e. The summed E-state index contributed by atoms with van der Waals surface area (Å²) in [4.78, 5) is 10.4. The van der Waals surface area contributed by atoms with Gasteiger partial charge in [0.05, 0.1) is 13.2 Å². The lowest BCUT2D eigenvalue weighted by atomic mass is 10.2. The highest BCUT2D eigenvalue weighted by Gasteiger charge is 2.18. The number of hydrogen-bond acceptors (Lipinski definition) is 4. The normalized spacial score (nSPS) is 14.8. The lowest BCUT2D eigenvalue weighted by molar-refractivity contribution is -0.144. The highest BCUT2D eigenvalue weighted by molar-refractivity contribution is 5.85. The number of rotatable bonds is 2. The predicted octanol–water partition coefficient (Wildman–Crippen LogP) is -0.711. The predicted molar refractivity (Wildman–Crippen MR) is 38.9 cm³/mol. The van der Waals surface area contributed by atoms with Gasteiger partial charge in [-0.1, -0.05) is 0 Å². The average molecular weight is 170 g/mol. The van der Waals surface area contributed by atoms with Crippen LogP contribution < -0.4 is 5.73 Å². The van der Waals surface area contributed by atoms with Crippen LogP contribution >= 0.6 is 12.4 Å². The Kier molecular flexibility index (Phi) is 6.76. The van der Waals surface area contributed by atoms with E-state index >= 15 is 0 Å². The Balaban J connectivity index is 0. The minimum absolute atomic E-state index is 0. The fraction of sp³-hybridized carbons (Fsp3) is 0.800. The molecule has 0 amide bonds. The second-order valence-electron chi connectivity index (χ2n) is 1.79. The molecule has 2 atom stereocenters. The van der Waals surface area contributed by atoms with Crippen molar-refractivity contribution in [2.24, 2.45) is 5.73 Å². The first-order valence-electron chi connectivity index (χ1n) is 2.61. The van der Waals surface area contributed by atoms with Crippen LogP contribution in [-0.4, -0.2) is 30.3 Å². The Hall–Kier alpha value is -0.320. The zero-order valence-electron chi connectivity index (χ0n) is 5.90. The van der Waals surface area contributed by atoms with Gasteiger partial charge in [0.15, 0.2) is 0 Å². The Morgan fingerprint density at radius 3 is 2.20 bits per heavy atom. The van der Waals surface area contributed by atoms with Crippen LogP contribution in [0.2, 0.25) is 0 Å². The molecule has 0 fully saturated rings. The van der Waals surface area contributed by atoms with Gasteiger partial charge in [0, 0.05) is 0 Å². The number of carbonyl (C=O) groups is 1. The average Bonchev–Trinajstić information content (AvgIpc) is 1.84. The van der Waals surface area contributed by atoms with Crippen molar-refractivity contribution < 1.29 is 14.6 Å². The molecule has 0 heterocycles. The summed E-state index contributed by atoms with van der Waals surface area (Å²) in [5.41, 5.74) is 5.15. The third kappa shape index (κ3) is 3.66. The molecule has 10 heavy (non-hydrogen) atoms. The van der Waals surface area contributed by atoms with E-state index in [1.165, 1.54) is 14.0 Å². The van der Waals surface area contributed by atoms with Gasteiger partial charge in [-0.05, 0) is 6.92 Å². The minimum Gasteiger partial charge on any atom is -0.468 e. The number of carbonyl (C=O) groups excluding carboxylic acids is 1. The maximum atomic E-state index is 10.4. The SMILES string of the molecule is COC(=O)[C@H](N)C(C)O.Cl. The second kappa shape index (κ2) is 5.46. The molecule has 5 heteroatoms. The molecule has 0 aromatic rings. The first-order valence-corrected chi connectivity index (χ1v) is 2.61. The van der Waals surface area contributed by atoms with Gasteiger partial charge in [-0.3, -0.25) is 4.79 Å². The van der Waals surface area contributed by atoms with E-state index in [1.807, 2.05) is 0 Å². The van der Waals surface area contributed by atoms with Crippen molar-refractivity contribution in [2.75, 3.05) is 7.11 Å². The van der Waals surface area contributed by atoms with Gasteiger partial charge in [0.25, 0.3) is 0 Å². The molecule has 0 aliphatic rings. The van der Waals surface area contributed by atoms with E-state index in [9.17, 15) is 4.79 Å². The molecule has 0 bridgehead atoms. The molecule has 0 radical (unpaired) electrons. The summed E-state index contributed by atoms with van der Waals surface area (Å²) >= 11 is 0. The summed E-state index contributed by atoms with van der Waals surface area (Å²) in [5.74, 6) is -0.593. The number of aliphatic hydroxyl groups excluding tert-OH is 1. The Labute approximate surface area is 65.8 Å². The summed E-state index contributed by atoms with van der Waals surface area (Å²) in [5, 5.41) is 8.70. The van der Waals surface area contributed by atoms with E-state index < -0.39 is 18.1 Å². The number of nitrogens with two attached hydrogens (primary N) is 1. The first kappa shape index (κ1) is 12.4. The third-order valence-corrected chi connectivity index (χ3v) is 0.993. The molecule has 0 aromatic carbocycles. The van der Waals surface area contributed by atoms with Crippen molar-refractivity contribution in [2.45, 2.75) is 19.1 Å². The molecule has 0 saturated carbocycles. The third-order valence-electron chi connectivity index (χ3n) is 0.993. The molecule has 0 rings (SSSR count). The number of ether oxygens (including phenoxy) is 1.